The minimum Gasteiger partial charge on any atom is -0.342 e. The van der Waals surface area contributed by atoms with Crippen molar-refractivity contribution in [1.82, 2.24) is 9.80 Å². The maximum atomic E-state index is 12.8. The third-order valence-corrected chi connectivity index (χ3v) is 5.04. The van der Waals surface area contributed by atoms with Crippen LogP contribution in [-0.2, 0) is 22.3 Å². The average molecular weight is 406 g/mol. The normalized spacial score (nSPS) is 21.3. The van der Waals surface area contributed by atoms with E-state index in [1.165, 1.54) is 11.0 Å². The number of hydrogen-bond donors (Lipinski definition) is 1. The minimum absolute atomic E-state index is 0. The molecule has 1 aromatic rings. The van der Waals surface area contributed by atoms with Crippen molar-refractivity contribution in [2.45, 2.75) is 38.0 Å². The van der Waals surface area contributed by atoms with Crippen LogP contribution in [0.4, 0.5) is 13.2 Å². The third kappa shape index (κ3) is 5.13. The summed E-state index contributed by atoms with van der Waals surface area (Å²) < 4.78 is 38.5. The van der Waals surface area contributed by atoms with Crippen LogP contribution in [0.25, 0.3) is 0 Å². The molecule has 1 aromatic carbocycles. The van der Waals surface area contributed by atoms with E-state index < -0.39 is 17.7 Å². The van der Waals surface area contributed by atoms with Crippen molar-refractivity contribution in [2.75, 3.05) is 19.6 Å². The molecule has 2 heterocycles. The van der Waals surface area contributed by atoms with E-state index in [0.29, 0.717) is 18.7 Å². The third-order valence-electron chi connectivity index (χ3n) is 5.04. The molecule has 3 rings (SSSR count). The smallest absolute Gasteiger partial charge is 0.342 e. The Hall–Kier alpha value is -1.80. The SMILES string of the molecule is Cl.NC1CCN(C(=O)C2CC(=O)N(Cc3cccc(C(F)(F)F)c3)C2)CC1. The number of benzene rings is 1. The number of amides is 2. The number of piperidine rings is 1. The molecule has 150 valence electrons. The summed E-state index contributed by atoms with van der Waals surface area (Å²) in [4.78, 5) is 28.0. The van der Waals surface area contributed by atoms with Gasteiger partial charge in [0.05, 0.1) is 11.5 Å². The van der Waals surface area contributed by atoms with Gasteiger partial charge in [-0.1, -0.05) is 12.1 Å². The molecule has 2 amide bonds. The second-order valence-corrected chi connectivity index (χ2v) is 7.04. The van der Waals surface area contributed by atoms with Gasteiger partial charge in [0.1, 0.15) is 0 Å². The molecule has 5 nitrogen and oxygen atoms in total. The molecule has 2 aliphatic heterocycles. The van der Waals surface area contributed by atoms with Crippen LogP contribution in [-0.4, -0.2) is 47.3 Å². The van der Waals surface area contributed by atoms with E-state index in [-0.39, 0.29) is 49.8 Å². The molecule has 1 unspecified atom stereocenters. The Balaban J connectivity index is 0.00000261. The highest BCUT2D eigenvalue weighted by Gasteiger charge is 2.37. The molecule has 2 saturated heterocycles. The number of carbonyl (C=O) groups excluding carboxylic acids is 2. The number of alkyl halides is 3. The van der Waals surface area contributed by atoms with Crippen LogP contribution in [0.3, 0.4) is 0 Å². The van der Waals surface area contributed by atoms with Crippen molar-refractivity contribution in [2.24, 2.45) is 11.7 Å². The van der Waals surface area contributed by atoms with Crippen molar-refractivity contribution >= 4 is 24.2 Å². The number of rotatable bonds is 3. The molecule has 9 heteroatoms. The maximum Gasteiger partial charge on any atom is 0.416 e. The number of nitrogens with zero attached hydrogens (tertiary/aromatic N) is 2. The number of halogens is 4. The van der Waals surface area contributed by atoms with E-state index in [1.807, 2.05) is 0 Å². The first-order valence-electron chi connectivity index (χ1n) is 8.72. The van der Waals surface area contributed by atoms with Crippen LogP contribution in [0, 0.1) is 5.92 Å². The predicted octanol–water partition coefficient (Wildman–Crippen LogP) is 2.43. The van der Waals surface area contributed by atoms with Gasteiger partial charge in [0.25, 0.3) is 0 Å². The lowest BCUT2D eigenvalue weighted by atomic mass is 10.0. The fourth-order valence-electron chi connectivity index (χ4n) is 3.53. The molecule has 2 N–H and O–H groups in total. The lowest BCUT2D eigenvalue weighted by Crippen LogP contribution is -2.45. The van der Waals surface area contributed by atoms with Crippen molar-refractivity contribution in [3.8, 4) is 0 Å². The van der Waals surface area contributed by atoms with Crippen LogP contribution >= 0.6 is 12.4 Å². The summed E-state index contributed by atoms with van der Waals surface area (Å²) in [6.07, 6.45) is -2.81. The monoisotopic (exact) mass is 405 g/mol. The van der Waals surface area contributed by atoms with Gasteiger partial charge in [-0.2, -0.15) is 13.2 Å². The van der Waals surface area contributed by atoms with Crippen LogP contribution in [0.5, 0.6) is 0 Å². The summed E-state index contributed by atoms with van der Waals surface area (Å²) in [6.45, 7) is 1.52. The average Bonchev–Trinajstić information content (AvgIpc) is 2.95. The summed E-state index contributed by atoms with van der Waals surface area (Å²) in [5, 5.41) is 0. The van der Waals surface area contributed by atoms with Gasteiger partial charge in [-0.05, 0) is 30.5 Å². The zero-order valence-corrected chi connectivity index (χ0v) is 15.6. The van der Waals surface area contributed by atoms with E-state index >= 15 is 0 Å². The van der Waals surface area contributed by atoms with Gasteiger partial charge in [0.2, 0.25) is 11.8 Å². The standard InChI is InChI=1S/C18H22F3N3O2.ClH/c19-18(20,21)14-3-1-2-12(8-14)10-24-11-13(9-16(24)25)17(26)23-6-4-15(22)5-7-23;/h1-3,8,13,15H,4-7,9-11,22H2;1H. The second-order valence-electron chi connectivity index (χ2n) is 7.04. The van der Waals surface area contributed by atoms with Crippen LogP contribution in [0.2, 0.25) is 0 Å². The van der Waals surface area contributed by atoms with Crippen molar-refractivity contribution in [3.05, 3.63) is 35.4 Å². The molecule has 1 atom stereocenters. The molecule has 0 spiro atoms. The summed E-state index contributed by atoms with van der Waals surface area (Å²) in [5.41, 5.74) is 5.51. The Kier molecular flexibility index (Phi) is 6.75. The number of hydrogen-bond acceptors (Lipinski definition) is 3. The number of carbonyl (C=O) groups is 2. The zero-order valence-electron chi connectivity index (χ0n) is 14.7. The van der Waals surface area contributed by atoms with Crippen molar-refractivity contribution in [1.29, 1.82) is 0 Å². The lowest BCUT2D eigenvalue weighted by Gasteiger charge is -2.31. The molecule has 0 aromatic heterocycles. The van der Waals surface area contributed by atoms with Gasteiger partial charge in [0.15, 0.2) is 0 Å². The fourth-order valence-corrected chi connectivity index (χ4v) is 3.53. The summed E-state index contributed by atoms with van der Waals surface area (Å²) in [6, 6.07) is 5.06. The second kappa shape index (κ2) is 8.48. The molecule has 2 aliphatic rings. The van der Waals surface area contributed by atoms with E-state index in [0.717, 1.165) is 25.0 Å². The molecular formula is C18H23ClF3N3O2. The van der Waals surface area contributed by atoms with Crippen molar-refractivity contribution in [3.63, 3.8) is 0 Å². The summed E-state index contributed by atoms with van der Waals surface area (Å²) in [5.74, 6) is -0.686. The highest BCUT2D eigenvalue weighted by molar-refractivity contribution is 5.89. The quantitative estimate of drug-likeness (QED) is 0.839. The highest BCUT2D eigenvalue weighted by atomic mass is 35.5. The summed E-state index contributed by atoms with van der Waals surface area (Å²) >= 11 is 0. The van der Waals surface area contributed by atoms with Crippen LogP contribution in [0.15, 0.2) is 24.3 Å². The topological polar surface area (TPSA) is 66.6 Å². The Morgan fingerprint density at radius 2 is 1.89 bits per heavy atom. The van der Waals surface area contributed by atoms with Gasteiger partial charge in [0, 0.05) is 38.6 Å². The number of nitrogens with two attached hydrogens (primary N) is 1. The predicted molar refractivity (Wildman–Crippen MR) is 96.0 cm³/mol. The van der Waals surface area contributed by atoms with E-state index in [4.69, 9.17) is 5.73 Å². The molecule has 0 saturated carbocycles. The Morgan fingerprint density at radius 3 is 2.52 bits per heavy atom. The first-order valence-corrected chi connectivity index (χ1v) is 8.72. The molecule has 0 aliphatic carbocycles. The highest BCUT2D eigenvalue weighted by Crippen LogP contribution is 2.30. The van der Waals surface area contributed by atoms with E-state index in [2.05, 4.69) is 0 Å². The van der Waals surface area contributed by atoms with Gasteiger partial charge in [-0.3, -0.25) is 9.59 Å². The largest absolute Gasteiger partial charge is 0.416 e. The van der Waals surface area contributed by atoms with Gasteiger partial charge in [-0.25, -0.2) is 0 Å². The first-order chi connectivity index (χ1) is 12.2. The molecule has 0 bridgehead atoms. The summed E-state index contributed by atoms with van der Waals surface area (Å²) in [7, 11) is 0. The number of likely N-dealkylation sites (tertiary alicyclic amines) is 2. The maximum absolute atomic E-state index is 12.8. The Labute approximate surface area is 162 Å². The van der Waals surface area contributed by atoms with Gasteiger partial charge >= 0.3 is 6.18 Å². The van der Waals surface area contributed by atoms with Crippen LogP contribution < -0.4 is 5.73 Å². The minimum atomic E-state index is -4.42. The van der Waals surface area contributed by atoms with Gasteiger partial charge < -0.3 is 15.5 Å². The van der Waals surface area contributed by atoms with E-state index in [1.54, 1.807) is 11.0 Å². The first kappa shape index (κ1) is 21.5. The zero-order chi connectivity index (χ0) is 18.9. The Bertz CT molecular complexity index is 691. The van der Waals surface area contributed by atoms with Crippen molar-refractivity contribution < 1.29 is 22.8 Å². The fraction of sp³-hybridized carbons (Fsp3) is 0.556. The molecule has 0 radical (unpaired) electrons. The molecule has 2 fully saturated rings. The van der Waals surface area contributed by atoms with Gasteiger partial charge in [-0.15, -0.1) is 12.4 Å². The molecule has 27 heavy (non-hydrogen) atoms. The van der Waals surface area contributed by atoms with Crippen LogP contribution in [0.1, 0.15) is 30.4 Å². The molecular weight excluding hydrogens is 383 g/mol. The van der Waals surface area contributed by atoms with E-state index in [9.17, 15) is 22.8 Å². The lowest BCUT2D eigenvalue weighted by molar-refractivity contribution is -0.138. The Morgan fingerprint density at radius 1 is 1.22 bits per heavy atom.